The molecule has 18 heavy (non-hydrogen) atoms. The van der Waals surface area contributed by atoms with Gasteiger partial charge in [0.2, 0.25) is 0 Å². The fourth-order valence-electron chi connectivity index (χ4n) is 1.42. The van der Waals surface area contributed by atoms with Gasteiger partial charge in [0.25, 0.3) is 0 Å². The lowest BCUT2D eigenvalue weighted by Gasteiger charge is -2.13. The number of methoxy groups -OCH3 is 1. The van der Waals surface area contributed by atoms with Crippen LogP contribution in [0, 0.1) is 0 Å². The van der Waals surface area contributed by atoms with Crippen LogP contribution >= 0.6 is 0 Å². The third kappa shape index (κ3) is 4.83. The highest BCUT2D eigenvalue weighted by molar-refractivity contribution is 5.42. The van der Waals surface area contributed by atoms with Crippen molar-refractivity contribution in [1.29, 1.82) is 0 Å². The molecule has 0 aliphatic heterocycles. The van der Waals surface area contributed by atoms with Gasteiger partial charge in [0.1, 0.15) is 0 Å². The van der Waals surface area contributed by atoms with Crippen molar-refractivity contribution in [3.63, 3.8) is 0 Å². The van der Waals surface area contributed by atoms with Gasteiger partial charge in [0, 0.05) is 6.54 Å². The minimum Gasteiger partial charge on any atom is -0.493 e. The summed E-state index contributed by atoms with van der Waals surface area (Å²) in [7, 11) is 3.26. The zero-order chi connectivity index (χ0) is 13.6. The molecule has 0 amide bonds. The van der Waals surface area contributed by atoms with Gasteiger partial charge in [-0.05, 0) is 24.7 Å². The fraction of sp³-hybridized carbons (Fsp3) is 0.500. The summed E-state index contributed by atoms with van der Waals surface area (Å²) < 4.78 is 46.1. The van der Waals surface area contributed by atoms with Crippen LogP contribution in [0.5, 0.6) is 11.5 Å². The molecular weight excluding hydrogens is 247 g/mol. The first kappa shape index (κ1) is 14.6. The second kappa shape index (κ2) is 6.49. The summed E-state index contributed by atoms with van der Waals surface area (Å²) in [6.45, 7) is 0.241. The molecule has 1 N–H and O–H groups in total. The molecule has 0 aliphatic carbocycles. The Bertz CT molecular complexity index is 380. The minimum atomic E-state index is -4.21. The Morgan fingerprint density at radius 1 is 1.22 bits per heavy atom. The van der Waals surface area contributed by atoms with E-state index in [1.165, 1.54) is 7.11 Å². The number of hydrogen-bond acceptors (Lipinski definition) is 3. The van der Waals surface area contributed by atoms with Crippen molar-refractivity contribution in [1.82, 2.24) is 5.32 Å². The molecule has 0 aromatic heterocycles. The van der Waals surface area contributed by atoms with Crippen LogP contribution in [0.2, 0.25) is 0 Å². The average molecular weight is 263 g/mol. The third-order valence-electron chi connectivity index (χ3n) is 2.25. The van der Waals surface area contributed by atoms with Crippen LogP contribution in [0.3, 0.4) is 0 Å². The maximum Gasteiger partial charge on any atom is 0.392 e. The number of halogens is 3. The molecule has 6 heteroatoms. The van der Waals surface area contributed by atoms with E-state index >= 15 is 0 Å². The molecule has 0 spiro atoms. The Kier molecular flexibility index (Phi) is 5.27. The molecule has 1 aromatic carbocycles. The summed E-state index contributed by atoms with van der Waals surface area (Å²) in [6.07, 6.45) is -5.19. The highest BCUT2D eigenvalue weighted by Crippen LogP contribution is 2.29. The molecule has 0 atom stereocenters. The number of alkyl halides is 3. The predicted molar refractivity (Wildman–Crippen MR) is 61.9 cm³/mol. The van der Waals surface area contributed by atoms with Crippen LogP contribution in [0.25, 0.3) is 0 Å². The molecular formula is C12H16F3NO2. The summed E-state index contributed by atoms with van der Waals surface area (Å²) in [5.41, 5.74) is 0.970. The van der Waals surface area contributed by atoms with Gasteiger partial charge < -0.3 is 14.8 Å². The average Bonchev–Trinajstić information content (AvgIpc) is 2.29. The van der Waals surface area contributed by atoms with Crippen LogP contribution in [0.1, 0.15) is 12.0 Å². The molecule has 1 aromatic rings. The summed E-state index contributed by atoms with van der Waals surface area (Å²) in [6, 6.07) is 5.13. The van der Waals surface area contributed by atoms with E-state index in [0.717, 1.165) is 5.56 Å². The van der Waals surface area contributed by atoms with Gasteiger partial charge >= 0.3 is 6.18 Å². The monoisotopic (exact) mass is 263 g/mol. The largest absolute Gasteiger partial charge is 0.493 e. The quantitative estimate of drug-likeness (QED) is 0.856. The molecule has 0 radical (unpaired) electrons. The van der Waals surface area contributed by atoms with Crippen molar-refractivity contribution in [2.24, 2.45) is 0 Å². The molecule has 0 unspecified atom stereocenters. The summed E-state index contributed by atoms with van der Waals surface area (Å²) in [4.78, 5) is 0. The molecule has 0 aliphatic rings. The summed E-state index contributed by atoms with van der Waals surface area (Å²) >= 11 is 0. The van der Waals surface area contributed by atoms with Gasteiger partial charge in [-0.15, -0.1) is 0 Å². The minimum absolute atomic E-state index is 0.321. The number of benzene rings is 1. The van der Waals surface area contributed by atoms with Crippen LogP contribution < -0.4 is 14.8 Å². The lowest BCUT2D eigenvalue weighted by Crippen LogP contribution is -2.13. The van der Waals surface area contributed by atoms with Crippen molar-refractivity contribution in [3.05, 3.63) is 23.8 Å². The Morgan fingerprint density at radius 2 is 1.94 bits per heavy atom. The normalized spacial score (nSPS) is 11.4. The second-order valence-electron chi connectivity index (χ2n) is 3.73. The molecule has 0 heterocycles. The number of nitrogens with one attached hydrogen (secondary N) is 1. The first-order valence-electron chi connectivity index (χ1n) is 5.47. The van der Waals surface area contributed by atoms with Crippen LogP contribution in [-0.4, -0.2) is 26.9 Å². The maximum atomic E-state index is 12.0. The Balaban J connectivity index is 2.65. The van der Waals surface area contributed by atoms with Crippen molar-refractivity contribution in [3.8, 4) is 11.5 Å². The van der Waals surface area contributed by atoms with Gasteiger partial charge in [0.05, 0.1) is 20.1 Å². The number of ether oxygens (including phenoxy) is 2. The predicted octanol–water partition coefficient (Wildman–Crippen LogP) is 2.75. The SMILES string of the molecule is CNCc1ccc(OCCC(F)(F)F)c(OC)c1. The lowest BCUT2D eigenvalue weighted by atomic mass is 10.2. The number of hydrogen-bond donors (Lipinski definition) is 1. The lowest BCUT2D eigenvalue weighted by molar-refractivity contribution is -0.139. The van der Waals surface area contributed by atoms with E-state index in [1.54, 1.807) is 25.2 Å². The van der Waals surface area contributed by atoms with E-state index in [0.29, 0.717) is 18.0 Å². The maximum absolute atomic E-state index is 12.0. The van der Waals surface area contributed by atoms with E-state index in [-0.39, 0.29) is 0 Å². The molecule has 0 bridgehead atoms. The summed E-state index contributed by atoms with van der Waals surface area (Å²) in [5, 5.41) is 2.97. The fourth-order valence-corrected chi connectivity index (χ4v) is 1.42. The molecule has 0 fully saturated rings. The smallest absolute Gasteiger partial charge is 0.392 e. The standard InChI is InChI=1S/C12H16F3NO2/c1-16-8-9-3-4-10(11(7-9)17-2)18-6-5-12(13,14)15/h3-4,7,16H,5-6,8H2,1-2H3. The molecule has 102 valence electrons. The summed E-state index contributed by atoms with van der Waals surface area (Å²) in [5.74, 6) is 0.756. The highest BCUT2D eigenvalue weighted by atomic mass is 19.4. The third-order valence-corrected chi connectivity index (χ3v) is 2.25. The van der Waals surface area contributed by atoms with Crippen LogP contribution in [-0.2, 0) is 6.54 Å². The Labute approximate surface area is 104 Å². The van der Waals surface area contributed by atoms with E-state index in [9.17, 15) is 13.2 Å². The van der Waals surface area contributed by atoms with Gasteiger partial charge in [-0.3, -0.25) is 0 Å². The van der Waals surface area contributed by atoms with Crippen LogP contribution in [0.4, 0.5) is 13.2 Å². The first-order valence-corrected chi connectivity index (χ1v) is 5.47. The van der Waals surface area contributed by atoms with E-state index in [1.807, 2.05) is 0 Å². The second-order valence-corrected chi connectivity index (χ2v) is 3.73. The molecule has 1 rings (SSSR count). The highest BCUT2D eigenvalue weighted by Gasteiger charge is 2.27. The van der Waals surface area contributed by atoms with Crippen molar-refractivity contribution in [2.75, 3.05) is 20.8 Å². The van der Waals surface area contributed by atoms with Crippen molar-refractivity contribution >= 4 is 0 Å². The molecule has 0 saturated carbocycles. The molecule has 3 nitrogen and oxygen atoms in total. The zero-order valence-electron chi connectivity index (χ0n) is 10.3. The molecule has 0 saturated heterocycles. The van der Waals surface area contributed by atoms with E-state index in [2.05, 4.69) is 5.32 Å². The van der Waals surface area contributed by atoms with Crippen molar-refractivity contribution < 1.29 is 22.6 Å². The van der Waals surface area contributed by atoms with Gasteiger partial charge in [0.15, 0.2) is 11.5 Å². The zero-order valence-corrected chi connectivity index (χ0v) is 10.3. The van der Waals surface area contributed by atoms with Crippen LogP contribution in [0.15, 0.2) is 18.2 Å². The van der Waals surface area contributed by atoms with E-state index in [4.69, 9.17) is 9.47 Å². The first-order chi connectivity index (χ1) is 8.46. The Morgan fingerprint density at radius 3 is 2.50 bits per heavy atom. The van der Waals surface area contributed by atoms with Gasteiger partial charge in [-0.2, -0.15) is 13.2 Å². The Hall–Kier alpha value is -1.43. The topological polar surface area (TPSA) is 30.5 Å². The number of rotatable bonds is 6. The van der Waals surface area contributed by atoms with E-state index < -0.39 is 19.2 Å². The van der Waals surface area contributed by atoms with Gasteiger partial charge in [-0.25, -0.2) is 0 Å². The van der Waals surface area contributed by atoms with Gasteiger partial charge in [-0.1, -0.05) is 6.07 Å². The van der Waals surface area contributed by atoms with Crippen molar-refractivity contribution in [2.45, 2.75) is 19.1 Å².